The summed E-state index contributed by atoms with van der Waals surface area (Å²) >= 11 is 16.7. The lowest BCUT2D eigenvalue weighted by Crippen LogP contribution is -2.10. The maximum atomic E-state index is 11.8. The van der Waals surface area contributed by atoms with E-state index in [1.54, 1.807) is 82.3 Å². The number of carbonyl (C=O) groups excluding carboxylic acids is 2. The van der Waals surface area contributed by atoms with E-state index in [2.05, 4.69) is 0 Å². The summed E-state index contributed by atoms with van der Waals surface area (Å²) in [4.78, 5) is 33.3. The normalized spacial score (nSPS) is 11.1. The molecule has 0 radical (unpaired) electrons. The standard InChI is InChI=1S/C19H36O7S10/c1-2-3-25-26-10-32-15-36-17-35-14-31-9-24-19(22)7-29-13-34-16-33-12-28-6-18(21)23-4-5-27-11-30-8-20/h20H,2-17H2,1H3. The quantitative estimate of drug-likeness (QED) is 0.0310. The highest BCUT2D eigenvalue weighted by Gasteiger charge is 2.05. The van der Waals surface area contributed by atoms with Gasteiger partial charge in [0.25, 0.3) is 0 Å². The second-order valence-electron chi connectivity index (χ2n) is 5.90. The Labute approximate surface area is 258 Å². The molecule has 0 atom stereocenters. The monoisotopic (exact) mass is 696 g/mol. The second-order valence-corrected chi connectivity index (χ2v) is 18.3. The molecule has 7 nitrogen and oxygen atoms in total. The van der Waals surface area contributed by atoms with Gasteiger partial charge in [-0.2, -0.15) is 0 Å². The van der Waals surface area contributed by atoms with E-state index in [-0.39, 0.29) is 17.9 Å². The molecule has 214 valence electrons. The summed E-state index contributed by atoms with van der Waals surface area (Å²) < 4.78 is 10.4. The van der Waals surface area contributed by atoms with Gasteiger partial charge in [0.15, 0.2) is 0 Å². The number of rotatable bonds is 29. The van der Waals surface area contributed by atoms with E-state index in [1.165, 1.54) is 11.8 Å². The van der Waals surface area contributed by atoms with Crippen LogP contribution in [-0.4, -0.2) is 101 Å². The summed E-state index contributed by atoms with van der Waals surface area (Å²) in [5.41, 5.74) is 0. The van der Waals surface area contributed by atoms with Crippen LogP contribution < -0.4 is 0 Å². The molecule has 0 aromatic heterocycles. The zero-order chi connectivity index (χ0) is 26.4. The molecule has 0 saturated carbocycles. The van der Waals surface area contributed by atoms with Crippen molar-refractivity contribution in [2.75, 3.05) is 83.9 Å². The lowest BCUT2D eigenvalue weighted by molar-refractivity contribution is -0.278. The van der Waals surface area contributed by atoms with Crippen LogP contribution in [0.1, 0.15) is 13.3 Å². The minimum Gasteiger partial charge on any atom is -0.464 e. The van der Waals surface area contributed by atoms with Crippen LogP contribution in [0.2, 0.25) is 0 Å². The van der Waals surface area contributed by atoms with Crippen molar-refractivity contribution in [3.8, 4) is 0 Å². The van der Waals surface area contributed by atoms with Crippen molar-refractivity contribution in [2.45, 2.75) is 13.3 Å². The summed E-state index contributed by atoms with van der Waals surface area (Å²) in [6, 6.07) is 0. The fourth-order valence-electron chi connectivity index (χ4n) is 1.58. The summed E-state index contributed by atoms with van der Waals surface area (Å²) in [5, 5.41) is 14.9. The van der Waals surface area contributed by atoms with Gasteiger partial charge in [-0.05, 0) is 6.42 Å². The van der Waals surface area contributed by atoms with E-state index in [0.29, 0.717) is 36.6 Å². The van der Waals surface area contributed by atoms with Crippen molar-refractivity contribution in [1.82, 2.24) is 0 Å². The average Bonchev–Trinajstić information content (AvgIpc) is 2.87. The molecule has 0 amide bonds. The molecular weight excluding hydrogens is 661 g/mol. The zero-order valence-corrected chi connectivity index (χ0v) is 28.5. The van der Waals surface area contributed by atoms with E-state index in [4.69, 9.17) is 24.4 Å². The van der Waals surface area contributed by atoms with Crippen molar-refractivity contribution < 1.29 is 33.9 Å². The smallest absolute Gasteiger partial charge is 0.316 e. The van der Waals surface area contributed by atoms with Crippen molar-refractivity contribution in [1.29, 1.82) is 0 Å². The molecule has 0 bridgehead atoms. The van der Waals surface area contributed by atoms with Crippen LogP contribution in [-0.2, 0) is 28.8 Å². The Morgan fingerprint density at radius 3 is 1.72 bits per heavy atom. The number of hydrogen-bond acceptors (Lipinski definition) is 17. The molecule has 0 aliphatic carbocycles. The Kier molecular flexibility index (Phi) is 35.7. The SMILES string of the molecule is CCCOOCSCSCSCSCOC(=O)CSCSCSCSCC(=O)OCCSCSCO. The van der Waals surface area contributed by atoms with Gasteiger partial charge < -0.3 is 14.6 Å². The Morgan fingerprint density at radius 2 is 1.11 bits per heavy atom. The van der Waals surface area contributed by atoms with Crippen molar-refractivity contribution in [3.63, 3.8) is 0 Å². The van der Waals surface area contributed by atoms with Crippen LogP contribution in [0.4, 0.5) is 0 Å². The van der Waals surface area contributed by atoms with E-state index >= 15 is 0 Å². The molecule has 0 saturated heterocycles. The van der Waals surface area contributed by atoms with Crippen LogP contribution in [0.3, 0.4) is 0 Å². The van der Waals surface area contributed by atoms with E-state index in [0.717, 1.165) is 47.8 Å². The van der Waals surface area contributed by atoms with Gasteiger partial charge in [0.2, 0.25) is 0 Å². The summed E-state index contributed by atoms with van der Waals surface area (Å²) in [6.45, 7) is 3.10. The minimum absolute atomic E-state index is 0.122. The van der Waals surface area contributed by atoms with Crippen LogP contribution >= 0.6 is 118 Å². The number of thioether (sulfide) groups is 10. The third-order valence-electron chi connectivity index (χ3n) is 2.99. The Hall–Kier alpha value is 2.32. The molecule has 0 heterocycles. The minimum atomic E-state index is -0.178. The van der Waals surface area contributed by atoms with Crippen LogP contribution in [0.15, 0.2) is 0 Å². The number of aliphatic hydroxyl groups is 1. The second kappa shape index (κ2) is 33.5. The number of carbonyl (C=O) groups is 2. The van der Waals surface area contributed by atoms with Gasteiger partial charge in [0, 0.05) is 41.3 Å². The van der Waals surface area contributed by atoms with Gasteiger partial charge in [-0.3, -0.25) is 9.59 Å². The van der Waals surface area contributed by atoms with Crippen LogP contribution in [0.5, 0.6) is 0 Å². The van der Waals surface area contributed by atoms with Gasteiger partial charge in [-0.25, -0.2) is 9.78 Å². The maximum absolute atomic E-state index is 11.8. The lowest BCUT2D eigenvalue weighted by Gasteiger charge is -2.06. The molecule has 0 rings (SSSR count). The molecule has 0 aromatic rings. The number of aliphatic hydroxyl groups excluding tert-OH is 1. The van der Waals surface area contributed by atoms with Gasteiger partial charge in [-0.15, -0.1) is 118 Å². The Balaban J connectivity index is 3.23. The first-order chi connectivity index (χ1) is 17.7. The van der Waals surface area contributed by atoms with Gasteiger partial charge in [0.1, 0.15) is 18.5 Å². The molecule has 0 spiro atoms. The fraction of sp³-hybridized carbons (Fsp3) is 0.895. The molecule has 0 unspecified atom stereocenters. The van der Waals surface area contributed by atoms with E-state index in [9.17, 15) is 9.59 Å². The molecular formula is C19H36O7S10. The van der Waals surface area contributed by atoms with Crippen molar-refractivity contribution >= 4 is 130 Å². The summed E-state index contributed by atoms with van der Waals surface area (Å²) in [5.74, 6) is 2.23. The molecule has 36 heavy (non-hydrogen) atoms. The Morgan fingerprint density at radius 1 is 0.583 bits per heavy atom. The number of hydrogen-bond donors (Lipinski definition) is 1. The van der Waals surface area contributed by atoms with Gasteiger partial charge >= 0.3 is 11.9 Å². The first-order valence-electron chi connectivity index (χ1n) is 10.6. The van der Waals surface area contributed by atoms with Crippen molar-refractivity contribution in [2.24, 2.45) is 0 Å². The predicted octanol–water partition coefficient (Wildman–Crippen LogP) is 6.33. The van der Waals surface area contributed by atoms with Gasteiger partial charge in [0.05, 0.1) is 24.1 Å². The first kappa shape index (κ1) is 38.3. The molecule has 1 N–H and O–H groups in total. The molecule has 0 aliphatic rings. The third-order valence-corrected chi connectivity index (χ3v) is 14.4. The van der Waals surface area contributed by atoms with Crippen LogP contribution in [0, 0.1) is 0 Å². The number of esters is 2. The fourth-order valence-corrected chi connectivity index (χ4v) is 11.4. The highest BCUT2D eigenvalue weighted by atomic mass is 32.3. The largest absolute Gasteiger partial charge is 0.464 e. The van der Waals surface area contributed by atoms with Gasteiger partial charge in [-0.1, -0.05) is 6.92 Å². The molecule has 0 fully saturated rings. The molecule has 0 aromatic carbocycles. The highest BCUT2D eigenvalue weighted by molar-refractivity contribution is 8.26. The highest BCUT2D eigenvalue weighted by Crippen LogP contribution is 2.23. The van der Waals surface area contributed by atoms with Crippen molar-refractivity contribution in [3.05, 3.63) is 0 Å². The topological polar surface area (TPSA) is 91.3 Å². The summed E-state index contributed by atoms with van der Waals surface area (Å²) in [7, 11) is 0. The maximum Gasteiger partial charge on any atom is 0.316 e. The molecule has 17 heteroatoms. The molecule has 0 aliphatic heterocycles. The average molecular weight is 697 g/mol. The first-order valence-corrected chi connectivity index (χ1v) is 22.2. The Bertz CT molecular complexity index is 497. The summed E-state index contributed by atoms with van der Waals surface area (Å²) in [6.07, 6.45) is 0.956. The zero-order valence-electron chi connectivity index (χ0n) is 20.3. The third kappa shape index (κ3) is 32.5. The van der Waals surface area contributed by atoms with E-state index < -0.39 is 0 Å². The predicted molar refractivity (Wildman–Crippen MR) is 176 cm³/mol. The number of ether oxygens (including phenoxy) is 2. The van der Waals surface area contributed by atoms with E-state index in [1.807, 2.05) is 30.4 Å². The van der Waals surface area contributed by atoms with Crippen LogP contribution in [0.25, 0.3) is 0 Å². The lowest BCUT2D eigenvalue weighted by atomic mass is 10.5.